The molecule has 2 aromatic rings. The molecule has 0 spiro atoms. The van der Waals surface area contributed by atoms with Crippen molar-refractivity contribution in [2.45, 2.75) is 32.7 Å². The van der Waals surface area contributed by atoms with Crippen LogP contribution in [0.15, 0.2) is 47.6 Å². The van der Waals surface area contributed by atoms with Crippen molar-refractivity contribution in [3.05, 3.63) is 65.2 Å². The molecule has 5 nitrogen and oxygen atoms in total. The molecule has 2 unspecified atom stereocenters. The van der Waals surface area contributed by atoms with Crippen LogP contribution in [0.4, 0.5) is 8.78 Å². The van der Waals surface area contributed by atoms with Crippen LogP contribution in [0.1, 0.15) is 38.3 Å². The number of hydrogen-bond donors (Lipinski definition) is 1. The topological polar surface area (TPSA) is 62.1 Å². The third-order valence-corrected chi connectivity index (χ3v) is 5.45. The van der Waals surface area contributed by atoms with Crippen LogP contribution in [-0.2, 0) is 10.3 Å². The number of carbonyl (C=O) groups is 1. The van der Waals surface area contributed by atoms with Crippen molar-refractivity contribution >= 4 is 11.6 Å². The highest BCUT2D eigenvalue weighted by Gasteiger charge is 2.47. The number of carbonyl (C=O) groups excluding carboxylic acids is 1. The molecule has 0 fully saturated rings. The van der Waals surface area contributed by atoms with E-state index in [1.165, 1.54) is 18.9 Å². The molecule has 154 valence electrons. The molecule has 1 aliphatic heterocycles. The van der Waals surface area contributed by atoms with Gasteiger partial charge in [0.2, 0.25) is 5.91 Å². The smallest absolute Gasteiger partial charge is 0.240 e. The van der Waals surface area contributed by atoms with E-state index in [0.717, 1.165) is 23.8 Å². The van der Waals surface area contributed by atoms with E-state index in [1.54, 1.807) is 0 Å². The van der Waals surface area contributed by atoms with Crippen LogP contribution in [0.25, 0.3) is 0 Å². The summed E-state index contributed by atoms with van der Waals surface area (Å²) in [6, 6.07) is 10.4. The summed E-state index contributed by atoms with van der Waals surface area (Å²) in [4.78, 5) is 12.7. The quantitative estimate of drug-likeness (QED) is 0.611. The molecule has 0 radical (unpaired) electrons. The first-order valence-corrected chi connectivity index (χ1v) is 9.43. The molecule has 0 saturated heterocycles. The third-order valence-electron chi connectivity index (χ3n) is 5.45. The van der Waals surface area contributed by atoms with Gasteiger partial charge in [0.25, 0.3) is 0 Å². The molecule has 1 N–H and O–H groups in total. The number of halogens is 2. The largest absolute Gasteiger partial charge is 0.493 e. The van der Waals surface area contributed by atoms with E-state index in [-0.39, 0.29) is 29.7 Å². The Bertz CT molecular complexity index is 947. The molecular weight excluding hydrogens is 378 g/mol. The summed E-state index contributed by atoms with van der Waals surface area (Å²) in [6.45, 7) is 4.97. The third kappa shape index (κ3) is 3.87. The summed E-state index contributed by atoms with van der Waals surface area (Å²) in [6.07, 6.45) is 0.386. The van der Waals surface area contributed by atoms with Gasteiger partial charge in [0.15, 0.2) is 0 Å². The van der Waals surface area contributed by atoms with Gasteiger partial charge in [0.1, 0.15) is 17.4 Å². The Morgan fingerprint density at radius 2 is 2.00 bits per heavy atom. The maximum atomic E-state index is 14.2. The minimum Gasteiger partial charge on any atom is -0.493 e. The number of para-hydroxylation sites is 1. The van der Waals surface area contributed by atoms with Crippen molar-refractivity contribution in [1.82, 2.24) is 5.01 Å². The molecule has 2 atom stereocenters. The Kier molecular flexibility index (Phi) is 5.98. The molecule has 0 aromatic heterocycles. The lowest BCUT2D eigenvalue weighted by Crippen LogP contribution is -2.53. The predicted octanol–water partition coefficient (Wildman–Crippen LogP) is 3.84. The van der Waals surface area contributed by atoms with Gasteiger partial charge in [-0.05, 0) is 44.5 Å². The van der Waals surface area contributed by atoms with Crippen LogP contribution in [0, 0.1) is 17.6 Å². The SMILES string of the molecule is CC(=O)N(/N=C(\C)c1cc(F)ccc1F)C1(C)c2ccccc2OCC1CCO. The standard InChI is InChI=1S/C22H24F2N2O3/c1-14(18-12-17(23)8-9-20(18)24)25-26(15(2)28)22(3)16(10-11-27)13-29-21-7-5-4-6-19(21)22/h4-9,12,16,27H,10-11,13H2,1-3H3/b25-14+. The number of nitrogens with zero attached hydrogens (tertiary/aromatic N) is 2. The second-order valence-electron chi connectivity index (χ2n) is 7.30. The number of aliphatic hydroxyl groups excluding tert-OH is 1. The molecule has 3 rings (SSSR count). The lowest BCUT2D eigenvalue weighted by molar-refractivity contribution is -0.140. The predicted molar refractivity (Wildman–Crippen MR) is 106 cm³/mol. The number of fused-ring (bicyclic) bond motifs is 1. The van der Waals surface area contributed by atoms with Crippen molar-refractivity contribution in [3.8, 4) is 5.75 Å². The van der Waals surface area contributed by atoms with Crippen molar-refractivity contribution in [2.75, 3.05) is 13.2 Å². The average molecular weight is 402 g/mol. The van der Waals surface area contributed by atoms with Gasteiger partial charge in [-0.25, -0.2) is 13.8 Å². The first-order valence-electron chi connectivity index (χ1n) is 9.43. The molecule has 2 aromatic carbocycles. The number of ether oxygens (including phenoxy) is 1. The number of hydrogen-bond acceptors (Lipinski definition) is 4. The summed E-state index contributed by atoms with van der Waals surface area (Å²) < 4.78 is 33.7. The number of hydrazone groups is 1. The van der Waals surface area contributed by atoms with Gasteiger partial charge in [-0.3, -0.25) is 4.79 Å². The Hall–Kier alpha value is -2.80. The zero-order chi connectivity index (χ0) is 21.2. The summed E-state index contributed by atoms with van der Waals surface area (Å²) in [5, 5.41) is 15.3. The highest BCUT2D eigenvalue weighted by Crippen LogP contribution is 2.46. The fraction of sp³-hybridized carbons (Fsp3) is 0.364. The zero-order valence-electron chi connectivity index (χ0n) is 16.7. The molecule has 1 heterocycles. The second kappa shape index (κ2) is 8.29. The zero-order valence-corrected chi connectivity index (χ0v) is 16.7. The van der Waals surface area contributed by atoms with Crippen LogP contribution >= 0.6 is 0 Å². The van der Waals surface area contributed by atoms with Crippen LogP contribution in [0.5, 0.6) is 5.75 Å². The van der Waals surface area contributed by atoms with Crippen molar-refractivity contribution in [1.29, 1.82) is 0 Å². The molecule has 7 heteroatoms. The van der Waals surface area contributed by atoms with Crippen LogP contribution < -0.4 is 4.74 Å². The number of amides is 1. The normalized spacial score (nSPS) is 21.3. The van der Waals surface area contributed by atoms with Crippen molar-refractivity contribution < 1.29 is 23.4 Å². The fourth-order valence-electron chi connectivity index (χ4n) is 3.87. The Balaban J connectivity index is 2.15. The first kappa shape index (κ1) is 20.9. The summed E-state index contributed by atoms with van der Waals surface area (Å²) in [7, 11) is 0. The van der Waals surface area contributed by atoms with Gasteiger partial charge in [-0.15, -0.1) is 0 Å². The van der Waals surface area contributed by atoms with E-state index >= 15 is 0 Å². The number of aliphatic hydroxyl groups is 1. The monoisotopic (exact) mass is 402 g/mol. The highest BCUT2D eigenvalue weighted by atomic mass is 19.1. The molecule has 29 heavy (non-hydrogen) atoms. The Labute approximate surface area is 168 Å². The molecule has 0 aliphatic carbocycles. The molecule has 1 amide bonds. The van der Waals surface area contributed by atoms with Gasteiger partial charge in [-0.1, -0.05) is 18.2 Å². The molecule has 0 bridgehead atoms. The second-order valence-corrected chi connectivity index (χ2v) is 7.30. The van der Waals surface area contributed by atoms with E-state index in [4.69, 9.17) is 4.74 Å². The van der Waals surface area contributed by atoms with Gasteiger partial charge in [0.05, 0.1) is 17.9 Å². The van der Waals surface area contributed by atoms with Gasteiger partial charge >= 0.3 is 0 Å². The Morgan fingerprint density at radius 3 is 2.69 bits per heavy atom. The lowest BCUT2D eigenvalue weighted by atomic mass is 9.75. The van der Waals surface area contributed by atoms with E-state index in [9.17, 15) is 18.7 Å². The molecular formula is C22H24F2N2O3. The van der Waals surface area contributed by atoms with E-state index in [0.29, 0.717) is 18.8 Å². The number of rotatable bonds is 5. The van der Waals surface area contributed by atoms with Crippen LogP contribution in [0.2, 0.25) is 0 Å². The van der Waals surface area contributed by atoms with E-state index in [2.05, 4.69) is 5.10 Å². The summed E-state index contributed by atoms with van der Waals surface area (Å²) in [5.74, 6) is -1.20. The summed E-state index contributed by atoms with van der Waals surface area (Å²) in [5.41, 5.74) is -0.0331. The minimum absolute atomic E-state index is 0.0149. The van der Waals surface area contributed by atoms with Crippen LogP contribution in [-0.4, -0.2) is 34.9 Å². The van der Waals surface area contributed by atoms with Gasteiger partial charge in [0, 0.05) is 30.6 Å². The maximum absolute atomic E-state index is 14.2. The average Bonchev–Trinajstić information content (AvgIpc) is 2.70. The van der Waals surface area contributed by atoms with Gasteiger partial charge in [-0.2, -0.15) is 5.10 Å². The van der Waals surface area contributed by atoms with Crippen molar-refractivity contribution in [3.63, 3.8) is 0 Å². The van der Waals surface area contributed by atoms with E-state index in [1.807, 2.05) is 31.2 Å². The lowest BCUT2D eigenvalue weighted by Gasteiger charge is -2.47. The minimum atomic E-state index is -0.936. The first-order chi connectivity index (χ1) is 13.8. The Morgan fingerprint density at radius 1 is 1.28 bits per heavy atom. The van der Waals surface area contributed by atoms with E-state index < -0.39 is 17.2 Å². The summed E-state index contributed by atoms with van der Waals surface area (Å²) >= 11 is 0. The fourth-order valence-corrected chi connectivity index (χ4v) is 3.87. The van der Waals surface area contributed by atoms with Crippen molar-refractivity contribution in [2.24, 2.45) is 11.0 Å². The van der Waals surface area contributed by atoms with Gasteiger partial charge < -0.3 is 9.84 Å². The molecule has 0 saturated carbocycles. The maximum Gasteiger partial charge on any atom is 0.240 e. The molecule has 1 aliphatic rings. The highest BCUT2D eigenvalue weighted by molar-refractivity contribution is 5.99. The number of benzene rings is 2. The van der Waals surface area contributed by atoms with Crippen LogP contribution in [0.3, 0.4) is 0 Å².